The number of hydrogen-bond donors (Lipinski definition) is 2. The lowest BCUT2D eigenvalue weighted by atomic mass is 10.2. The molecule has 1 aromatic heterocycles. The summed E-state index contributed by atoms with van der Waals surface area (Å²) in [6.45, 7) is 0. The van der Waals surface area contributed by atoms with E-state index in [0.29, 0.717) is 28.0 Å². The van der Waals surface area contributed by atoms with Crippen molar-refractivity contribution in [2.45, 2.75) is 0 Å². The maximum Gasteiger partial charge on any atom is 0.276 e. The van der Waals surface area contributed by atoms with Crippen LogP contribution in [0.1, 0.15) is 10.5 Å². The predicted octanol–water partition coefficient (Wildman–Crippen LogP) is 4.14. The number of rotatable bonds is 6. The number of benzene rings is 2. The highest BCUT2D eigenvalue weighted by Crippen LogP contribution is 2.29. The van der Waals surface area contributed by atoms with Gasteiger partial charge in [0.15, 0.2) is 23.0 Å². The third-order valence-corrected chi connectivity index (χ3v) is 3.87. The minimum Gasteiger partial charge on any atom is -0.493 e. The van der Waals surface area contributed by atoms with Gasteiger partial charge in [0.1, 0.15) is 0 Å². The number of carbonyl (C=O) groups is 1. The Bertz CT molecular complexity index is 948. The van der Waals surface area contributed by atoms with E-state index in [9.17, 15) is 4.79 Å². The molecule has 1 amide bonds. The fourth-order valence-corrected chi connectivity index (χ4v) is 2.53. The Labute approximate surface area is 161 Å². The number of anilines is 3. The molecule has 1 heterocycles. The van der Waals surface area contributed by atoms with Crippen molar-refractivity contribution in [3.63, 3.8) is 0 Å². The zero-order chi connectivity index (χ0) is 19.2. The molecule has 7 nitrogen and oxygen atoms in total. The third-order valence-electron chi connectivity index (χ3n) is 3.64. The number of nitrogens with one attached hydrogen (secondary N) is 2. The van der Waals surface area contributed by atoms with Gasteiger partial charge in [-0.15, -0.1) is 10.2 Å². The number of carbonyl (C=O) groups excluding carboxylic acids is 1. The molecular weight excluding hydrogens is 368 g/mol. The molecule has 0 aliphatic carbocycles. The molecule has 2 N–H and O–H groups in total. The Kier molecular flexibility index (Phi) is 5.73. The number of amides is 1. The van der Waals surface area contributed by atoms with E-state index >= 15 is 0 Å². The molecule has 0 aliphatic heterocycles. The summed E-state index contributed by atoms with van der Waals surface area (Å²) in [6, 6.07) is 15.5. The van der Waals surface area contributed by atoms with E-state index in [2.05, 4.69) is 20.8 Å². The van der Waals surface area contributed by atoms with Crippen LogP contribution in [0, 0.1) is 0 Å². The van der Waals surface area contributed by atoms with Gasteiger partial charge in [-0.1, -0.05) is 17.7 Å². The molecule has 2 aromatic carbocycles. The topological polar surface area (TPSA) is 85.4 Å². The van der Waals surface area contributed by atoms with E-state index in [0.717, 1.165) is 5.69 Å². The second kappa shape index (κ2) is 8.37. The van der Waals surface area contributed by atoms with Crippen molar-refractivity contribution in [1.29, 1.82) is 0 Å². The highest BCUT2D eigenvalue weighted by molar-refractivity contribution is 6.30. The first-order valence-electron chi connectivity index (χ1n) is 7.99. The lowest BCUT2D eigenvalue weighted by molar-refractivity contribution is 0.102. The van der Waals surface area contributed by atoms with Gasteiger partial charge in [-0.25, -0.2) is 0 Å². The summed E-state index contributed by atoms with van der Waals surface area (Å²) >= 11 is 5.95. The van der Waals surface area contributed by atoms with E-state index < -0.39 is 0 Å². The Morgan fingerprint density at radius 3 is 2.41 bits per heavy atom. The monoisotopic (exact) mass is 384 g/mol. The molecule has 0 fully saturated rings. The summed E-state index contributed by atoms with van der Waals surface area (Å²) in [6.07, 6.45) is 0. The van der Waals surface area contributed by atoms with Crippen LogP contribution in [-0.4, -0.2) is 30.3 Å². The summed E-state index contributed by atoms with van der Waals surface area (Å²) in [5.41, 5.74) is 1.52. The summed E-state index contributed by atoms with van der Waals surface area (Å²) in [5.74, 6) is 1.21. The lowest BCUT2D eigenvalue weighted by Crippen LogP contribution is -2.14. The number of halogens is 1. The average molecular weight is 385 g/mol. The van der Waals surface area contributed by atoms with Crippen molar-refractivity contribution in [3.05, 3.63) is 65.3 Å². The summed E-state index contributed by atoms with van der Waals surface area (Å²) in [7, 11) is 3.07. The van der Waals surface area contributed by atoms with Crippen molar-refractivity contribution < 1.29 is 14.3 Å². The van der Waals surface area contributed by atoms with Gasteiger partial charge in [0.25, 0.3) is 5.91 Å². The van der Waals surface area contributed by atoms with Crippen LogP contribution in [0.15, 0.2) is 54.6 Å². The number of aromatic nitrogens is 2. The van der Waals surface area contributed by atoms with E-state index in [1.807, 2.05) is 12.1 Å². The van der Waals surface area contributed by atoms with Crippen LogP contribution in [0.4, 0.5) is 17.2 Å². The largest absolute Gasteiger partial charge is 0.493 e. The molecule has 0 bridgehead atoms. The Morgan fingerprint density at radius 1 is 0.926 bits per heavy atom. The Balaban J connectivity index is 1.68. The number of hydrogen-bond acceptors (Lipinski definition) is 6. The van der Waals surface area contributed by atoms with Gasteiger partial charge >= 0.3 is 0 Å². The maximum atomic E-state index is 12.4. The van der Waals surface area contributed by atoms with Crippen molar-refractivity contribution in [1.82, 2.24) is 10.2 Å². The van der Waals surface area contributed by atoms with Crippen molar-refractivity contribution in [2.75, 3.05) is 24.9 Å². The molecule has 27 heavy (non-hydrogen) atoms. The van der Waals surface area contributed by atoms with Crippen molar-refractivity contribution >= 4 is 34.7 Å². The molecule has 0 unspecified atom stereocenters. The zero-order valence-corrected chi connectivity index (χ0v) is 15.4. The van der Waals surface area contributed by atoms with Crippen LogP contribution in [-0.2, 0) is 0 Å². The molecule has 0 saturated carbocycles. The van der Waals surface area contributed by atoms with E-state index in [1.54, 1.807) is 49.6 Å². The predicted molar refractivity (Wildman–Crippen MR) is 104 cm³/mol. The first-order chi connectivity index (χ1) is 13.1. The SMILES string of the molecule is COc1ccc(NC(=O)c2ccc(Nc3cccc(Cl)c3)nn2)cc1OC. The van der Waals surface area contributed by atoms with Gasteiger partial charge in [0, 0.05) is 22.5 Å². The van der Waals surface area contributed by atoms with E-state index in [-0.39, 0.29) is 11.6 Å². The van der Waals surface area contributed by atoms with Crippen LogP contribution in [0.3, 0.4) is 0 Å². The molecule has 138 valence electrons. The van der Waals surface area contributed by atoms with Gasteiger partial charge in [-0.05, 0) is 42.5 Å². The number of methoxy groups -OCH3 is 2. The first kappa shape index (κ1) is 18.5. The minimum absolute atomic E-state index is 0.182. The zero-order valence-electron chi connectivity index (χ0n) is 14.7. The lowest BCUT2D eigenvalue weighted by Gasteiger charge is -2.10. The molecular formula is C19H17ClN4O3. The fraction of sp³-hybridized carbons (Fsp3) is 0.105. The molecule has 0 aliphatic rings. The van der Waals surface area contributed by atoms with Crippen LogP contribution in [0.2, 0.25) is 5.02 Å². The third kappa shape index (κ3) is 4.65. The van der Waals surface area contributed by atoms with Crippen molar-refractivity contribution in [2.24, 2.45) is 0 Å². The van der Waals surface area contributed by atoms with Gasteiger partial charge in [0.2, 0.25) is 0 Å². The summed E-state index contributed by atoms with van der Waals surface area (Å²) < 4.78 is 10.4. The van der Waals surface area contributed by atoms with Crippen LogP contribution < -0.4 is 20.1 Å². The fourth-order valence-electron chi connectivity index (χ4n) is 2.34. The number of ether oxygens (including phenoxy) is 2. The quantitative estimate of drug-likeness (QED) is 0.664. The smallest absolute Gasteiger partial charge is 0.276 e. The molecule has 0 atom stereocenters. The van der Waals surface area contributed by atoms with Gasteiger partial charge in [-0.2, -0.15) is 0 Å². The first-order valence-corrected chi connectivity index (χ1v) is 8.36. The van der Waals surface area contributed by atoms with E-state index in [1.165, 1.54) is 7.11 Å². The van der Waals surface area contributed by atoms with Crippen LogP contribution in [0.5, 0.6) is 11.5 Å². The van der Waals surface area contributed by atoms with Gasteiger partial charge in [-0.3, -0.25) is 4.79 Å². The Morgan fingerprint density at radius 2 is 1.74 bits per heavy atom. The highest BCUT2D eigenvalue weighted by atomic mass is 35.5. The molecule has 0 spiro atoms. The maximum absolute atomic E-state index is 12.4. The standard InChI is InChI=1S/C19H17ClN4O3/c1-26-16-8-6-14(11-17(16)27-2)22-19(25)15-7-9-18(24-23-15)21-13-5-3-4-12(20)10-13/h3-11H,1-2H3,(H,21,24)(H,22,25). The molecule has 3 rings (SSSR count). The molecule has 3 aromatic rings. The average Bonchev–Trinajstić information content (AvgIpc) is 2.68. The number of nitrogens with zero attached hydrogens (tertiary/aromatic N) is 2. The summed E-state index contributed by atoms with van der Waals surface area (Å²) in [4.78, 5) is 12.4. The van der Waals surface area contributed by atoms with Gasteiger partial charge < -0.3 is 20.1 Å². The molecule has 0 radical (unpaired) electrons. The van der Waals surface area contributed by atoms with Crippen molar-refractivity contribution in [3.8, 4) is 11.5 Å². The van der Waals surface area contributed by atoms with Crippen LogP contribution in [0.25, 0.3) is 0 Å². The molecule has 0 saturated heterocycles. The van der Waals surface area contributed by atoms with Gasteiger partial charge in [0.05, 0.1) is 14.2 Å². The molecule has 8 heteroatoms. The normalized spacial score (nSPS) is 10.2. The van der Waals surface area contributed by atoms with E-state index in [4.69, 9.17) is 21.1 Å². The van der Waals surface area contributed by atoms with Crippen LogP contribution >= 0.6 is 11.6 Å². The minimum atomic E-state index is -0.385. The highest BCUT2D eigenvalue weighted by Gasteiger charge is 2.11. The second-order valence-corrected chi connectivity index (χ2v) is 5.90. The Hall–Kier alpha value is -3.32. The second-order valence-electron chi connectivity index (χ2n) is 5.46. The summed E-state index contributed by atoms with van der Waals surface area (Å²) in [5, 5.41) is 14.4.